The molecule has 0 saturated carbocycles. The number of anilines is 2. The van der Waals surface area contributed by atoms with Crippen LogP contribution in [0.5, 0.6) is 0 Å². The number of hydrogen-bond acceptors (Lipinski definition) is 5. The van der Waals surface area contributed by atoms with Crippen molar-refractivity contribution in [1.29, 1.82) is 0 Å². The zero-order chi connectivity index (χ0) is 16.0. The number of likely N-dealkylation sites (N-methyl/N-ethyl adjacent to an activating group) is 1. The predicted molar refractivity (Wildman–Crippen MR) is 70.5 cm³/mol. The zero-order valence-electron chi connectivity index (χ0n) is 11.9. The van der Waals surface area contributed by atoms with Crippen LogP contribution in [-0.4, -0.2) is 46.5 Å². The molecular formula is C12H16F3N5O. The molecule has 2 heterocycles. The smallest absolute Gasteiger partial charge is 0.368 e. The second kappa shape index (κ2) is 4.74. The van der Waals surface area contributed by atoms with Gasteiger partial charge >= 0.3 is 6.18 Å². The molecule has 0 aliphatic carbocycles. The summed E-state index contributed by atoms with van der Waals surface area (Å²) >= 11 is 0. The number of carbonyl (C=O) groups is 1. The second-order valence-electron chi connectivity index (χ2n) is 5.40. The van der Waals surface area contributed by atoms with Crippen LogP contribution in [-0.2, 0) is 11.0 Å². The molecule has 0 aromatic carbocycles. The molecule has 6 nitrogen and oxygen atoms in total. The van der Waals surface area contributed by atoms with Gasteiger partial charge in [-0.05, 0) is 13.8 Å². The van der Waals surface area contributed by atoms with Crippen molar-refractivity contribution < 1.29 is 18.0 Å². The maximum Gasteiger partial charge on any atom is 0.433 e. The van der Waals surface area contributed by atoms with Gasteiger partial charge in [0.1, 0.15) is 11.4 Å². The van der Waals surface area contributed by atoms with Gasteiger partial charge in [0, 0.05) is 26.2 Å². The van der Waals surface area contributed by atoms with Crippen molar-refractivity contribution in [2.24, 2.45) is 0 Å². The Kier molecular flexibility index (Phi) is 3.46. The lowest BCUT2D eigenvalue weighted by atomic mass is 9.98. The number of aromatic nitrogens is 2. The predicted octanol–water partition coefficient (Wildman–Crippen LogP) is 1.13. The minimum Gasteiger partial charge on any atom is -0.368 e. The molecule has 9 heteroatoms. The van der Waals surface area contributed by atoms with Gasteiger partial charge in [0.15, 0.2) is 5.69 Å². The van der Waals surface area contributed by atoms with Gasteiger partial charge in [-0.2, -0.15) is 18.2 Å². The molecule has 0 atom stereocenters. The fourth-order valence-electron chi connectivity index (χ4n) is 2.35. The molecule has 1 fully saturated rings. The molecule has 1 amide bonds. The number of halogens is 3. The highest BCUT2D eigenvalue weighted by molar-refractivity contribution is 5.90. The van der Waals surface area contributed by atoms with E-state index in [0.717, 1.165) is 6.07 Å². The molecule has 21 heavy (non-hydrogen) atoms. The molecule has 2 N–H and O–H groups in total. The van der Waals surface area contributed by atoms with Gasteiger partial charge in [0.05, 0.1) is 0 Å². The van der Waals surface area contributed by atoms with E-state index in [0.29, 0.717) is 13.1 Å². The second-order valence-corrected chi connectivity index (χ2v) is 5.40. The minimum absolute atomic E-state index is 0.00118. The molecule has 116 valence electrons. The topological polar surface area (TPSA) is 75.3 Å². The molecule has 1 aliphatic rings. The van der Waals surface area contributed by atoms with Crippen LogP contribution in [0.2, 0.25) is 0 Å². The number of nitrogens with zero attached hydrogens (tertiary/aromatic N) is 4. The Bertz CT molecular complexity index is 573. The van der Waals surface area contributed by atoms with Gasteiger partial charge < -0.3 is 15.5 Å². The van der Waals surface area contributed by atoms with Gasteiger partial charge in [0.25, 0.3) is 0 Å². The van der Waals surface area contributed by atoms with Gasteiger partial charge in [-0.1, -0.05) is 0 Å². The molecule has 1 aliphatic heterocycles. The Morgan fingerprint density at radius 2 is 1.90 bits per heavy atom. The Morgan fingerprint density at radius 3 is 2.48 bits per heavy atom. The Hall–Kier alpha value is -2.06. The van der Waals surface area contributed by atoms with E-state index in [4.69, 9.17) is 5.73 Å². The first-order chi connectivity index (χ1) is 9.53. The van der Waals surface area contributed by atoms with Crippen molar-refractivity contribution in [3.8, 4) is 0 Å². The number of rotatable bonds is 1. The maximum atomic E-state index is 12.8. The van der Waals surface area contributed by atoms with E-state index < -0.39 is 23.4 Å². The van der Waals surface area contributed by atoms with Crippen molar-refractivity contribution in [1.82, 2.24) is 14.9 Å². The number of piperazine rings is 1. The van der Waals surface area contributed by atoms with Crippen LogP contribution in [0.4, 0.5) is 24.9 Å². The quantitative estimate of drug-likeness (QED) is 0.842. The minimum atomic E-state index is -4.62. The van der Waals surface area contributed by atoms with Gasteiger partial charge in [-0.3, -0.25) is 4.79 Å². The summed E-state index contributed by atoms with van der Waals surface area (Å²) in [6.07, 6.45) is -4.62. The number of nitrogen functional groups attached to an aromatic ring is 1. The number of amides is 1. The fraction of sp³-hybridized carbons (Fsp3) is 0.583. The highest BCUT2D eigenvalue weighted by Gasteiger charge is 2.42. The molecule has 1 saturated heterocycles. The van der Waals surface area contributed by atoms with Crippen molar-refractivity contribution >= 4 is 17.7 Å². The molecule has 0 spiro atoms. The third kappa shape index (κ3) is 2.72. The van der Waals surface area contributed by atoms with Crippen molar-refractivity contribution in [3.63, 3.8) is 0 Å². The first-order valence-corrected chi connectivity index (χ1v) is 6.28. The Balaban J connectivity index is 2.47. The summed E-state index contributed by atoms with van der Waals surface area (Å²) in [7, 11) is 1.65. The molecule has 0 bridgehead atoms. The number of hydrogen-bond donors (Lipinski definition) is 1. The zero-order valence-corrected chi connectivity index (χ0v) is 11.9. The van der Waals surface area contributed by atoms with E-state index in [9.17, 15) is 18.0 Å². The Labute approximate surface area is 119 Å². The van der Waals surface area contributed by atoms with Crippen molar-refractivity contribution in [2.75, 3.05) is 30.8 Å². The monoisotopic (exact) mass is 303 g/mol. The third-order valence-electron chi connectivity index (χ3n) is 3.50. The molecular weight excluding hydrogens is 287 g/mol. The average molecular weight is 303 g/mol. The van der Waals surface area contributed by atoms with E-state index >= 15 is 0 Å². The normalized spacial score (nSPS) is 19.0. The van der Waals surface area contributed by atoms with E-state index in [1.165, 1.54) is 9.80 Å². The highest BCUT2D eigenvalue weighted by atomic mass is 19.4. The van der Waals surface area contributed by atoms with Crippen LogP contribution in [0.25, 0.3) is 0 Å². The summed E-state index contributed by atoms with van der Waals surface area (Å²) in [5, 5.41) is 0. The highest BCUT2D eigenvalue weighted by Crippen LogP contribution is 2.33. The third-order valence-corrected chi connectivity index (χ3v) is 3.50. The number of carbonyl (C=O) groups excluding carboxylic acids is 1. The van der Waals surface area contributed by atoms with E-state index in [2.05, 4.69) is 9.97 Å². The number of nitrogens with two attached hydrogens (primary N) is 1. The van der Waals surface area contributed by atoms with Gasteiger partial charge in [-0.25, -0.2) is 4.98 Å². The standard InChI is InChI=1S/C12H16F3N5O/c1-11(2)9(21)19(3)4-5-20(11)8-6-7(12(13,14)15)17-10(16)18-8/h6H,4-5H2,1-3H3,(H2,16,17,18). The number of alkyl halides is 3. The van der Waals surface area contributed by atoms with Crippen LogP contribution in [0.15, 0.2) is 6.07 Å². The van der Waals surface area contributed by atoms with Crippen molar-refractivity contribution in [3.05, 3.63) is 11.8 Å². The maximum absolute atomic E-state index is 12.8. The van der Waals surface area contributed by atoms with Gasteiger partial charge in [-0.15, -0.1) is 0 Å². The van der Waals surface area contributed by atoms with E-state index in [1.54, 1.807) is 20.9 Å². The molecule has 1 aromatic heterocycles. The first-order valence-electron chi connectivity index (χ1n) is 6.28. The SMILES string of the molecule is CN1CCN(c2cc(C(F)(F)F)nc(N)n2)C(C)(C)C1=O. The first kappa shape index (κ1) is 15.3. The Morgan fingerprint density at radius 1 is 1.29 bits per heavy atom. The molecule has 0 radical (unpaired) electrons. The lowest BCUT2D eigenvalue weighted by Gasteiger charge is -2.45. The summed E-state index contributed by atoms with van der Waals surface area (Å²) in [5.74, 6) is -0.664. The van der Waals surface area contributed by atoms with Crippen LogP contribution in [0.3, 0.4) is 0 Å². The lowest BCUT2D eigenvalue weighted by Crippen LogP contribution is -2.62. The fourth-order valence-corrected chi connectivity index (χ4v) is 2.35. The summed E-state index contributed by atoms with van der Waals surface area (Å²) < 4.78 is 38.4. The largest absolute Gasteiger partial charge is 0.433 e. The van der Waals surface area contributed by atoms with Crippen LogP contribution >= 0.6 is 0 Å². The average Bonchev–Trinajstić information content (AvgIpc) is 2.34. The molecule has 0 unspecified atom stereocenters. The van der Waals surface area contributed by atoms with Crippen molar-refractivity contribution in [2.45, 2.75) is 25.6 Å². The van der Waals surface area contributed by atoms with E-state index in [-0.39, 0.29) is 11.7 Å². The van der Waals surface area contributed by atoms with Crippen LogP contribution < -0.4 is 10.6 Å². The van der Waals surface area contributed by atoms with E-state index in [1.807, 2.05) is 0 Å². The summed E-state index contributed by atoms with van der Waals surface area (Å²) in [4.78, 5) is 22.3. The molecule has 2 rings (SSSR count). The summed E-state index contributed by atoms with van der Waals surface area (Å²) in [6, 6.07) is 0.816. The summed E-state index contributed by atoms with van der Waals surface area (Å²) in [5.41, 5.74) is 3.25. The van der Waals surface area contributed by atoms with Crippen LogP contribution in [0.1, 0.15) is 19.5 Å². The van der Waals surface area contributed by atoms with Crippen LogP contribution in [0, 0.1) is 0 Å². The molecule has 1 aromatic rings. The summed E-state index contributed by atoms with van der Waals surface area (Å²) in [6.45, 7) is 4.03. The van der Waals surface area contributed by atoms with Gasteiger partial charge in [0.2, 0.25) is 11.9 Å². The lowest BCUT2D eigenvalue weighted by molar-refractivity contribution is -0.141.